The summed E-state index contributed by atoms with van der Waals surface area (Å²) in [6.07, 6.45) is 6.85. The van der Waals surface area contributed by atoms with Crippen LogP contribution in [0.3, 0.4) is 0 Å². The predicted octanol–water partition coefficient (Wildman–Crippen LogP) is 0.567. The van der Waals surface area contributed by atoms with Crippen LogP contribution in [0.5, 0.6) is 0 Å². The first-order valence-electron chi connectivity index (χ1n) is 4.06. The molecule has 0 aromatic carbocycles. The SMILES string of the molecule is CNCCCCC=CNOC=O. The van der Waals surface area contributed by atoms with E-state index in [0.717, 1.165) is 25.8 Å². The highest BCUT2D eigenvalue weighted by Gasteiger charge is 1.82. The number of nitrogens with one attached hydrogen (secondary N) is 2. The second kappa shape index (κ2) is 9.97. The summed E-state index contributed by atoms with van der Waals surface area (Å²) in [5.74, 6) is 0. The largest absolute Gasteiger partial charge is 0.347 e. The summed E-state index contributed by atoms with van der Waals surface area (Å²) in [5.41, 5.74) is 2.36. The molecule has 0 aromatic heterocycles. The van der Waals surface area contributed by atoms with Crippen molar-refractivity contribution in [3.05, 3.63) is 12.3 Å². The van der Waals surface area contributed by atoms with Crippen LogP contribution in [0, 0.1) is 0 Å². The van der Waals surface area contributed by atoms with Gasteiger partial charge in [-0.3, -0.25) is 4.79 Å². The van der Waals surface area contributed by atoms with Crippen LogP contribution in [-0.2, 0) is 9.63 Å². The fraction of sp³-hybridized carbons (Fsp3) is 0.625. The van der Waals surface area contributed by atoms with Gasteiger partial charge in [-0.15, -0.1) is 0 Å². The first-order chi connectivity index (χ1) is 5.91. The lowest BCUT2D eigenvalue weighted by Crippen LogP contribution is -2.07. The molecule has 0 bridgehead atoms. The van der Waals surface area contributed by atoms with Crippen molar-refractivity contribution in [2.24, 2.45) is 0 Å². The standard InChI is InChI=1S/C8H16N2O2/c1-9-6-4-2-3-5-7-10-12-8-11/h5,7-10H,2-4,6H2,1H3. The molecule has 0 aliphatic rings. The molecule has 4 heteroatoms. The van der Waals surface area contributed by atoms with Gasteiger partial charge in [-0.25, -0.2) is 5.48 Å². The Bertz CT molecular complexity index is 126. The van der Waals surface area contributed by atoms with Crippen LogP contribution < -0.4 is 10.8 Å². The van der Waals surface area contributed by atoms with Gasteiger partial charge in [-0.2, -0.15) is 0 Å². The number of hydroxylamine groups is 1. The molecule has 0 saturated heterocycles. The van der Waals surface area contributed by atoms with E-state index in [2.05, 4.69) is 15.6 Å². The molecule has 0 aliphatic carbocycles. The van der Waals surface area contributed by atoms with E-state index in [-0.39, 0.29) is 0 Å². The molecule has 70 valence electrons. The molecule has 12 heavy (non-hydrogen) atoms. The zero-order valence-corrected chi connectivity index (χ0v) is 7.38. The fourth-order valence-electron chi connectivity index (χ4n) is 0.762. The van der Waals surface area contributed by atoms with Crippen molar-refractivity contribution < 1.29 is 9.63 Å². The molecule has 4 nitrogen and oxygen atoms in total. The monoisotopic (exact) mass is 172 g/mol. The van der Waals surface area contributed by atoms with Crippen LogP contribution in [0.15, 0.2) is 12.3 Å². The van der Waals surface area contributed by atoms with Crippen molar-refractivity contribution in [2.45, 2.75) is 19.3 Å². The predicted molar refractivity (Wildman–Crippen MR) is 47.2 cm³/mol. The van der Waals surface area contributed by atoms with E-state index in [1.165, 1.54) is 0 Å². The second-order valence-corrected chi connectivity index (χ2v) is 2.33. The third-order valence-corrected chi connectivity index (χ3v) is 1.35. The van der Waals surface area contributed by atoms with E-state index in [4.69, 9.17) is 0 Å². The molecule has 0 heterocycles. The van der Waals surface area contributed by atoms with Crippen LogP contribution in [0.25, 0.3) is 0 Å². The van der Waals surface area contributed by atoms with E-state index < -0.39 is 0 Å². The van der Waals surface area contributed by atoms with Crippen molar-refractivity contribution in [2.75, 3.05) is 13.6 Å². The van der Waals surface area contributed by atoms with E-state index >= 15 is 0 Å². The lowest BCUT2D eigenvalue weighted by Gasteiger charge is -1.96. The molecule has 0 unspecified atom stereocenters. The Morgan fingerprint density at radius 2 is 2.25 bits per heavy atom. The normalized spacial score (nSPS) is 10.1. The first-order valence-corrected chi connectivity index (χ1v) is 4.06. The Kier molecular flexibility index (Phi) is 9.11. The highest BCUT2D eigenvalue weighted by atomic mass is 16.7. The van der Waals surface area contributed by atoms with Crippen molar-refractivity contribution in [3.63, 3.8) is 0 Å². The number of hydrogen-bond donors (Lipinski definition) is 2. The van der Waals surface area contributed by atoms with Gasteiger partial charge in [0.15, 0.2) is 0 Å². The summed E-state index contributed by atoms with van der Waals surface area (Å²) >= 11 is 0. The maximum atomic E-state index is 9.65. The summed E-state index contributed by atoms with van der Waals surface area (Å²) in [7, 11) is 1.94. The molecule has 0 aliphatic heterocycles. The Labute approximate surface area is 72.9 Å². The van der Waals surface area contributed by atoms with Crippen LogP contribution in [-0.4, -0.2) is 20.1 Å². The Hall–Kier alpha value is -1.03. The summed E-state index contributed by atoms with van der Waals surface area (Å²) in [4.78, 5) is 13.9. The molecule has 0 spiro atoms. The van der Waals surface area contributed by atoms with Crippen molar-refractivity contribution in [1.82, 2.24) is 10.8 Å². The van der Waals surface area contributed by atoms with Crippen LogP contribution in [0.4, 0.5) is 0 Å². The average molecular weight is 172 g/mol. The minimum absolute atomic E-state index is 0.353. The topological polar surface area (TPSA) is 50.4 Å². The summed E-state index contributed by atoms with van der Waals surface area (Å²) < 4.78 is 0. The Balaban J connectivity index is 2.97. The smallest absolute Gasteiger partial charge is 0.320 e. The maximum absolute atomic E-state index is 9.65. The third-order valence-electron chi connectivity index (χ3n) is 1.35. The zero-order valence-electron chi connectivity index (χ0n) is 7.38. The van der Waals surface area contributed by atoms with Crippen LogP contribution in [0.2, 0.25) is 0 Å². The van der Waals surface area contributed by atoms with Crippen molar-refractivity contribution in [1.29, 1.82) is 0 Å². The highest BCUT2D eigenvalue weighted by Crippen LogP contribution is 1.93. The maximum Gasteiger partial charge on any atom is 0.320 e. The van der Waals surface area contributed by atoms with Gasteiger partial charge in [0, 0.05) is 6.20 Å². The first kappa shape index (κ1) is 11.0. The number of hydrogen-bond acceptors (Lipinski definition) is 4. The van der Waals surface area contributed by atoms with Gasteiger partial charge in [0.05, 0.1) is 0 Å². The quantitative estimate of drug-likeness (QED) is 0.319. The molecule has 0 radical (unpaired) electrons. The molecule has 0 fully saturated rings. The van der Waals surface area contributed by atoms with E-state index in [9.17, 15) is 4.79 Å². The summed E-state index contributed by atoms with van der Waals surface area (Å²) in [6.45, 7) is 1.40. The number of rotatable bonds is 8. The molecule has 0 rings (SSSR count). The van der Waals surface area contributed by atoms with E-state index in [1.807, 2.05) is 13.1 Å². The molecular weight excluding hydrogens is 156 g/mol. The van der Waals surface area contributed by atoms with Gasteiger partial charge in [0.25, 0.3) is 0 Å². The lowest BCUT2D eigenvalue weighted by atomic mass is 10.2. The van der Waals surface area contributed by atoms with Gasteiger partial charge < -0.3 is 10.2 Å². The Morgan fingerprint density at radius 3 is 2.92 bits per heavy atom. The molecule has 0 saturated carbocycles. The number of carbonyl (C=O) groups excluding carboxylic acids is 1. The van der Waals surface area contributed by atoms with Gasteiger partial charge >= 0.3 is 6.47 Å². The number of unbranched alkanes of at least 4 members (excludes halogenated alkanes) is 2. The molecular formula is C8H16N2O2. The second-order valence-electron chi connectivity index (χ2n) is 2.33. The Morgan fingerprint density at radius 1 is 1.42 bits per heavy atom. The molecule has 0 amide bonds. The van der Waals surface area contributed by atoms with Gasteiger partial charge in [-0.05, 0) is 32.9 Å². The number of allylic oxidation sites excluding steroid dienone is 1. The summed E-state index contributed by atoms with van der Waals surface area (Å²) in [6, 6.07) is 0. The third kappa shape index (κ3) is 8.97. The summed E-state index contributed by atoms with van der Waals surface area (Å²) in [5, 5.41) is 3.07. The zero-order chi connectivity index (χ0) is 9.07. The van der Waals surface area contributed by atoms with Crippen LogP contribution in [0.1, 0.15) is 19.3 Å². The molecule has 0 aromatic rings. The van der Waals surface area contributed by atoms with Crippen molar-refractivity contribution >= 4 is 6.47 Å². The van der Waals surface area contributed by atoms with Gasteiger partial charge in [0.1, 0.15) is 0 Å². The fourth-order valence-corrected chi connectivity index (χ4v) is 0.762. The highest BCUT2D eigenvalue weighted by molar-refractivity contribution is 5.36. The molecule has 0 atom stereocenters. The van der Waals surface area contributed by atoms with E-state index in [0.29, 0.717) is 6.47 Å². The van der Waals surface area contributed by atoms with E-state index in [1.54, 1.807) is 6.20 Å². The van der Waals surface area contributed by atoms with Crippen LogP contribution >= 0.6 is 0 Å². The molecule has 2 N–H and O–H groups in total. The minimum atomic E-state index is 0.353. The average Bonchev–Trinajstić information content (AvgIpc) is 2.10. The van der Waals surface area contributed by atoms with Crippen molar-refractivity contribution in [3.8, 4) is 0 Å². The lowest BCUT2D eigenvalue weighted by molar-refractivity contribution is -0.133. The number of carbonyl (C=O) groups is 1. The minimum Gasteiger partial charge on any atom is -0.347 e. The van der Waals surface area contributed by atoms with Gasteiger partial charge in [0.2, 0.25) is 0 Å². The van der Waals surface area contributed by atoms with Gasteiger partial charge in [-0.1, -0.05) is 6.08 Å².